The number of halogens is 1. The molecule has 1 aromatic rings. The average molecular weight is 378 g/mol. The third kappa shape index (κ3) is 7.07. The van der Waals surface area contributed by atoms with E-state index in [1.54, 1.807) is 12.1 Å². The number of nitrogens with one attached hydrogen (secondary N) is 3. The summed E-state index contributed by atoms with van der Waals surface area (Å²) in [6, 6.07) is 6.99. The summed E-state index contributed by atoms with van der Waals surface area (Å²) in [5, 5.41) is 9.60. The highest BCUT2D eigenvalue weighted by Crippen LogP contribution is 2.20. The summed E-state index contributed by atoms with van der Waals surface area (Å²) in [5.41, 5.74) is 0.917. The third-order valence-corrected chi connectivity index (χ3v) is 4.49. The van der Waals surface area contributed by atoms with Crippen molar-refractivity contribution in [2.24, 2.45) is 10.9 Å². The molecule has 7 heteroatoms. The Hall–Kier alpha value is -2.31. The van der Waals surface area contributed by atoms with E-state index in [9.17, 15) is 9.18 Å². The second-order valence-corrected chi connectivity index (χ2v) is 7.12. The molecule has 3 N–H and O–H groups in total. The number of aliphatic imine (C=N–C) groups is 1. The number of amides is 1. The molecule has 0 aliphatic carbocycles. The van der Waals surface area contributed by atoms with Gasteiger partial charge in [-0.3, -0.25) is 9.79 Å². The second kappa shape index (κ2) is 10.7. The number of nitrogens with zero attached hydrogens (tertiary/aromatic N) is 2. The van der Waals surface area contributed by atoms with Crippen molar-refractivity contribution in [1.82, 2.24) is 16.0 Å². The number of piperidine rings is 1. The molecule has 0 saturated carbocycles. The van der Waals surface area contributed by atoms with Gasteiger partial charge in [0.15, 0.2) is 5.96 Å². The fourth-order valence-electron chi connectivity index (χ4n) is 3.07. The number of anilines is 1. The van der Waals surface area contributed by atoms with Crippen molar-refractivity contribution in [2.75, 3.05) is 37.6 Å². The van der Waals surface area contributed by atoms with Gasteiger partial charge >= 0.3 is 0 Å². The maximum Gasteiger partial charge on any atom is 0.222 e. The lowest BCUT2D eigenvalue weighted by Crippen LogP contribution is -2.51. The number of carbonyl (C=O) groups excluding carboxylic acids is 1. The Balaban J connectivity index is 1.88. The minimum absolute atomic E-state index is 0.0172. The van der Waals surface area contributed by atoms with Crippen molar-refractivity contribution in [2.45, 2.75) is 39.7 Å². The summed E-state index contributed by atoms with van der Waals surface area (Å²) in [4.78, 5) is 18.4. The second-order valence-electron chi connectivity index (χ2n) is 7.12. The summed E-state index contributed by atoms with van der Waals surface area (Å²) >= 11 is 0. The lowest BCUT2D eigenvalue weighted by atomic mass is 10.0. The van der Waals surface area contributed by atoms with Gasteiger partial charge in [0.25, 0.3) is 0 Å². The Labute approximate surface area is 161 Å². The van der Waals surface area contributed by atoms with Crippen molar-refractivity contribution in [1.29, 1.82) is 0 Å². The van der Waals surface area contributed by atoms with Crippen molar-refractivity contribution in [3.63, 3.8) is 0 Å². The first-order chi connectivity index (χ1) is 13.0. The molecule has 1 saturated heterocycles. The molecule has 1 aliphatic rings. The Morgan fingerprint density at radius 1 is 1.37 bits per heavy atom. The third-order valence-electron chi connectivity index (χ3n) is 4.49. The summed E-state index contributed by atoms with van der Waals surface area (Å²) in [6.07, 6.45) is 2.08. The van der Waals surface area contributed by atoms with Gasteiger partial charge in [-0.25, -0.2) is 4.39 Å². The van der Waals surface area contributed by atoms with Gasteiger partial charge in [-0.15, -0.1) is 0 Å². The number of rotatable bonds is 7. The zero-order chi connectivity index (χ0) is 19.6. The molecule has 0 bridgehead atoms. The smallest absolute Gasteiger partial charge is 0.222 e. The molecule has 1 unspecified atom stereocenters. The molecule has 0 aromatic heterocycles. The van der Waals surface area contributed by atoms with Crippen LogP contribution >= 0.6 is 0 Å². The SMILES string of the molecule is CCNC(=NCCNC(=O)C(C)C)NC1CCCN(c2cccc(F)c2)C1. The van der Waals surface area contributed by atoms with E-state index in [4.69, 9.17) is 0 Å². The maximum atomic E-state index is 13.5. The summed E-state index contributed by atoms with van der Waals surface area (Å²) < 4.78 is 13.5. The van der Waals surface area contributed by atoms with Crippen LogP contribution in [0.2, 0.25) is 0 Å². The summed E-state index contributed by atoms with van der Waals surface area (Å²) in [6.45, 7) is 9.31. The van der Waals surface area contributed by atoms with E-state index in [1.165, 1.54) is 6.07 Å². The molecule has 6 nitrogen and oxygen atoms in total. The van der Waals surface area contributed by atoms with Crippen LogP contribution in [0, 0.1) is 11.7 Å². The van der Waals surface area contributed by atoms with Crippen LogP contribution in [0.1, 0.15) is 33.6 Å². The van der Waals surface area contributed by atoms with Crippen molar-refractivity contribution < 1.29 is 9.18 Å². The lowest BCUT2D eigenvalue weighted by molar-refractivity contribution is -0.123. The molecular weight excluding hydrogens is 345 g/mol. The van der Waals surface area contributed by atoms with Crippen molar-refractivity contribution in [3.05, 3.63) is 30.1 Å². The van der Waals surface area contributed by atoms with Crippen LogP contribution in [0.5, 0.6) is 0 Å². The molecule has 27 heavy (non-hydrogen) atoms. The van der Waals surface area contributed by atoms with E-state index in [0.717, 1.165) is 44.1 Å². The van der Waals surface area contributed by atoms with Crippen LogP contribution in [0.15, 0.2) is 29.3 Å². The fourth-order valence-corrected chi connectivity index (χ4v) is 3.07. The molecule has 0 spiro atoms. The first-order valence-electron chi connectivity index (χ1n) is 9.82. The zero-order valence-corrected chi connectivity index (χ0v) is 16.6. The Morgan fingerprint density at radius 3 is 2.89 bits per heavy atom. The number of guanidine groups is 1. The van der Waals surface area contributed by atoms with E-state index < -0.39 is 0 Å². The quantitative estimate of drug-likeness (QED) is 0.387. The van der Waals surface area contributed by atoms with Crippen LogP contribution in [0.25, 0.3) is 0 Å². The van der Waals surface area contributed by atoms with Crippen LogP contribution in [0.4, 0.5) is 10.1 Å². The molecule has 1 amide bonds. The van der Waals surface area contributed by atoms with Crippen molar-refractivity contribution >= 4 is 17.6 Å². The fraction of sp³-hybridized carbons (Fsp3) is 0.600. The Bertz CT molecular complexity index is 635. The minimum Gasteiger partial charge on any atom is -0.369 e. The van der Waals surface area contributed by atoms with Crippen LogP contribution in [0.3, 0.4) is 0 Å². The molecule has 2 rings (SSSR count). The van der Waals surface area contributed by atoms with E-state index in [-0.39, 0.29) is 23.7 Å². The molecule has 1 fully saturated rings. The molecule has 1 aromatic carbocycles. The van der Waals surface area contributed by atoms with Crippen molar-refractivity contribution in [3.8, 4) is 0 Å². The van der Waals surface area contributed by atoms with E-state index in [2.05, 4.69) is 25.8 Å². The van der Waals surface area contributed by atoms with Gasteiger partial charge in [-0.1, -0.05) is 19.9 Å². The van der Waals surface area contributed by atoms with Gasteiger partial charge in [0.05, 0.1) is 6.54 Å². The van der Waals surface area contributed by atoms with Gasteiger partial charge in [0.1, 0.15) is 5.82 Å². The van der Waals surface area contributed by atoms with Gasteiger partial charge < -0.3 is 20.9 Å². The predicted molar refractivity (Wildman–Crippen MR) is 109 cm³/mol. The monoisotopic (exact) mass is 377 g/mol. The van der Waals surface area contributed by atoms with Gasteiger partial charge in [0.2, 0.25) is 5.91 Å². The Morgan fingerprint density at radius 2 is 2.19 bits per heavy atom. The first-order valence-corrected chi connectivity index (χ1v) is 9.82. The Kier molecular flexibility index (Phi) is 8.36. The number of hydrogen-bond acceptors (Lipinski definition) is 3. The molecule has 1 atom stereocenters. The molecular formula is C20H32FN5O. The van der Waals surface area contributed by atoms with Gasteiger partial charge in [0, 0.05) is 43.8 Å². The van der Waals surface area contributed by atoms with E-state index >= 15 is 0 Å². The average Bonchev–Trinajstić information content (AvgIpc) is 2.65. The summed E-state index contributed by atoms with van der Waals surface area (Å²) in [7, 11) is 0. The van der Waals surface area contributed by atoms with E-state index in [0.29, 0.717) is 13.1 Å². The molecule has 1 heterocycles. The van der Waals surface area contributed by atoms with Crippen LogP contribution in [-0.4, -0.2) is 50.6 Å². The normalized spacial score (nSPS) is 17.7. The predicted octanol–water partition coefficient (Wildman–Crippen LogP) is 2.12. The number of benzene rings is 1. The van der Waals surface area contributed by atoms with Gasteiger partial charge in [-0.2, -0.15) is 0 Å². The van der Waals surface area contributed by atoms with E-state index in [1.807, 2.05) is 26.8 Å². The molecule has 0 radical (unpaired) electrons. The van der Waals surface area contributed by atoms with Crippen LogP contribution < -0.4 is 20.9 Å². The zero-order valence-electron chi connectivity index (χ0n) is 16.6. The largest absolute Gasteiger partial charge is 0.369 e. The number of hydrogen-bond donors (Lipinski definition) is 3. The molecule has 150 valence electrons. The topological polar surface area (TPSA) is 68.8 Å². The minimum atomic E-state index is -0.207. The highest BCUT2D eigenvalue weighted by Gasteiger charge is 2.21. The van der Waals surface area contributed by atoms with Crippen LogP contribution in [-0.2, 0) is 4.79 Å². The maximum absolute atomic E-state index is 13.5. The lowest BCUT2D eigenvalue weighted by Gasteiger charge is -2.35. The van der Waals surface area contributed by atoms with Gasteiger partial charge in [-0.05, 0) is 38.0 Å². The first kappa shape index (κ1) is 21.0. The molecule has 1 aliphatic heterocycles. The number of carbonyl (C=O) groups is 1. The highest BCUT2D eigenvalue weighted by molar-refractivity contribution is 5.80. The highest BCUT2D eigenvalue weighted by atomic mass is 19.1. The summed E-state index contributed by atoms with van der Waals surface area (Å²) in [5.74, 6) is 0.570. The standard InChI is InChI=1S/C20H32FN5O/c1-4-22-20(24-11-10-23-19(27)15(2)3)25-17-8-6-12-26(14-17)18-9-5-7-16(21)13-18/h5,7,9,13,15,17H,4,6,8,10-12,14H2,1-3H3,(H,23,27)(H2,22,24,25).